The molecule has 0 radical (unpaired) electrons. The molecule has 0 saturated carbocycles. The Kier molecular flexibility index (Phi) is 6.49. The molecule has 6 heteroatoms. The lowest BCUT2D eigenvalue weighted by atomic mass is 10.1. The van der Waals surface area contributed by atoms with E-state index in [-0.39, 0.29) is 10.8 Å². The third kappa shape index (κ3) is 5.43. The normalized spacial score (nSPS) is 14.2. The number of halogens is 2. The Hall–Kier alpha value is -0.580. The second-order valence-electron chi connectivity index (χ2n) is 5.20. The van der Waals surface area contributed by atoms with Gasteiger partial charge >= 0.3 is 0 Å². The van der Waals surface area contributed by atoms with Crippen LogP contribution in [0.2, 0.25) is 10.0 Å². The van der Waals surface area contributed by atoms with E-state index in [1.54, 1.807) is 17.8 Å². The van der Waals surface area contributed by atoms with E-state index in [4.69, 9.17) is 28.9 Å². The Morgan fingerprint density at radius 2 is 2.10 bits per heavy atom. The second kappa shape index (κ2) is 7.43. The number of hydrogen-bond donors (Lipinski definition) is 2. The average Bonchev–Trinajstić information content (AvgIpc) is 2.36. The quantitative estimate of drug-likeness (QED) is 0.630. The summed E-state index contributed by atoms with van der Waals surface area (Å²) in [6.07, 6.45) is 2.06. The van der Waals surface area contributed by atoms with Crippen molar-refractivity contribution >= 4 is 40.9 Å². The second-order valence-corrected chi connectivity index (χ2v) is 7.55. The zero-order valence-corrected chi connectivity index (χ0v) is 14.5. The molecule has 0 aliphatic heterocycles. The molecule has 0 spiro atoms. The summed E-state index contributed by atoms with van der Waals surface area (Å²) in [4.78, 5) is 4.37. The largest absolute Gasteiger partial charge is 0.370 e. The fraction of sp³-hybridized carbons (Fsp3) is 0.500. The number of aliphatic imine (C=N–C) groups is 1. The molecule has 112 valence electrons. The summed E-state index contributed by atoms with van der Waals surface area (Å²) in [5, 5.41) is 4.38. The van der Waals surface area contributed by atoms with Crippen molar-refractivity contribution in [3.8, 4) is 0 Å². The van der Waals surface area contributed by atoms with Gasteiger partial charge < -0.3 is 11.1 Å². The highest BCUT2D eigenvalue weighted by Crippen LogP contribution is 2.26. The summed E-state index contributed by atoms with van der Waals surface area (Å²) in [5.41, 5.74) is 6.86. The Balaban J connectivity index is 2.70. The van der Waals surface area contributed by atoms with Gasteiger partial charge in [-0.3, -0.25) is 4.99 Å². The minimum atomic E-state index is -0.0269. The van der Waals surface area contributed by atoms with E-state index in [0.717, 1.165) is 5.56 Å². The average molecular weight is 334 g/mol. The lowest BCUT2D eigenvalue weighted by Gasteiger charge is -2.21. The topological polar surface area (TPSA) is 50.4 Å². The Labute approximate surface area is 135 Å². The van der Waals surface area contributed by atoms with Crippen LogP contribution in [0.1, 0.15) is 32.4 Å². The van der Waals surface area contributed by atoms with Crippen LogP contribution < -0.4 is 11.1 Å². The van der Waals surface area contributed by atoms with Crippen LogP contribution in [0.5, 0.6) is 0 Å². The monoisotopic (exact) mass is 333 g/mol. The first-order valence-corrected chi connectivity index (χ1v) is 8.30. The number of guanidine groups is 1. The Morgan fingerprint density at radius 3 is 2.65 bits per heavy atom. The van der Waals surface area contributed by atoms with Gasteiger partial charge in [-0.05, 0) is 44.7 Å². The van der Waals surface area contributed by atoms with Gasteiger partial charge in [0.25, 0.3) is 0 Å². The van der Waals surface area contributed by atoms with Crippen LogP contribution in [0.15, 0.2) is 23.2 Å². The number of benzene rings is 1. The molecule has 1 aromatic carbocycles. The first-order chi connectivity index (χ1) is 9.25. The number of nitrogens with zero attached hydrogens (tertiary/aromatic N) is 1. The Morgan fingerprint density at radius 1 is 1.45 bits per heavy atom. The lowest BCUT2D eigenvalue weighted by molar-refractivity contribution is 0.688. The number of thioether (sulfide) groups is 1. The Bertz CT molecular complexity index is 489. The van der Waals surface area contributed by atoms with Crippen molar-refractivity contribution in [2.75, 3.05) is 12.8 Å². The predicted octanol–water partition coefficient (Wildman–Crippen LogP) is 4.10. The summed E-state index contributed by atoms with van der Waals surface area (Å²) >= 11 is 13.8. The fourth-order valence-corrected chi connectivity index (χ4v) is 2.30. The highest BCUT2D eigenvalue weighted by Gasteiger charge is 2.16. The molecule has 0 saturated heterocycles. The smallest absolute Gasteiger partial charge is 0.189 e. The molecule has 0 amide bonds. The van der Waals surface area contributed by atoms with Crippen molar-refractivity contribution in [2.24, 2.45) is 10.7 Å². The summed E-state index contributed by atoms with van der Waals surface area (Å²) in [5.74, 6) is 0.422. The van der Waals surface area contributed by atoms with E-state index in [0.29, 0.717) is 22.5 Å². The van der Waals surface area contributed by atoms with E-state index in [1.807, 2.05) is 19.1 Å². The van der Waals surface area contributed by atoms with Gasteiger partial charge in [0.05, 0.1) is 12.6 Å². The first-order valence-electron chi connectivity index (χ1n) is 6.32. The zero-order chi connectivity index (χ0) is 15.3. The molecule has 1 aromatic rings. The summed E-state index contributed by atoms with van der Waals surface area (Å²) in [7, 11) is 0. The highest BCUT2D eigenvalue weighted by molar-refractivity contribution is 7.99. The molecule has 20 heavy (non-hydrogen) atoms. The van der Waals surface area contributed by atoms with Crippen LogP contribution in [-0.2, 0) is 0 Å². The molecule has 0 bridgehead atoms. The predicted molar refractivity (Wildman–Crippen MR) is 92.1 cm³/mol. The highest BCUT2D eigenvalue weighted by atomic mass is 35.5. The molecular weight excluding hydrogens is 313 g/mol. The number of rotatable bonds is 5. The molecule has 0 aliphatic rings. The van der Waals surface area contributed by atoms with Gasteiger partial charge in [-0.2, -0.15) is 11.8 Å². The van der Waals surface area contributed by atoms with Crippen molar-refractivity contribution in [1.29, 1.82) is 0 Å². The van der Waals surface area contributed by atoms with Gasteiger partial charge in [-0.15, -0.1) is 0 Å². The van der Waals surface area contributed by atoms with Crippen LogP contribution >= 0.6 is 35.0 Å². The van der Waals surface area contributed by atoms with Gasteiger partial charge in [-0.25, -0.2) is 0 Å². The van der Waals surface area contributed by atoms with Gasteiger partial charge in [0.1, 0.15) is 0 Å². The van der Waals surface area contributed by atoms with Gasteiger partial charge in [0.15, 0.2) is 5.96 Å². The SMILES string of the molecule is CSC(C)(C)CN=C(N)NC(C)c1ccc(Cl)cc1Cl. The van der Waals surface area contributed by atoms with Crippen molar-refractivity contribution in [1.82, 2.24) is 5.32 Å². The van der Waals surface area contributed by atoms with E-state index >= 15 is 0 Å². The van der Waals surface area contributed by atoms with Crippen molar-refractivity contribution < 1.29 is 0 Å². The van der Waals surface area contributed by atoms with Crippen LogP contribution in [0.3, 0.4) is 0 Å². The standard InChI is InChI=1S/C14H21Cl2N3S/c1-9(11-6-5-10(15)7-12(11)16)19-13(17)18-8-14(2,3)20-4/h5-7,9H,8H2,1-4H3,(H3,17,18,19). The van der Waals surface area contributed by atoms with E-state index in [2.05, 4.69) is 30.4 Å². The molecule has 0 aliphatic carbocycles. The lowest BCUT2D eigenvalue weighted by Crippen LogP contribution is -2.35. The minimum Gasteiger partial charge on any atom is -0.370 e. The summed E-state index contributed by atoms with van der Waals surface area (Å²) in [6.45, 7) is 6.91. The molecule has 1 atom stereocenters. The molecule has 0 aromatic heterocycles. The van der Waals surface area contributed by atoms with Crippen molar-refractivity contribution in [3.05, 3.63) is 33.8 Å². The maximum Gasteiger partial charge on any atom is 0.189 e. The van der Waals surface area contributed by atoms with Crippen LogP contribution in [0.4, 0.5) is 0 Å². The summed E-state index contributed by atoms with van der Waals surface area (Å²) in [6, 6.07) is 5.40. The molecule has 1 rings (SSSR count). The van der Waals surface area contributed by atoms with Gasteiger partial charge in [-0.1, -0.05) is 29.3 Å². The molecule has 0 fully saturated rings. The fourth-order valence-electron chi connectivity index (χ4n) is 1.54. The van der Waals surface area contributed by atoms with E-state index in [9.17, 15) is 0 Å². The molecule has 3 N–H and O–H groups in total. The van der Waals surface area contributed by atoms with Crippen LogP contribution in [0, 0.1) is 0 Å². The number of nitrogens with two attached hydrogens (primary N) is 1. The first kappa shape index (κ1) is 17.5. The minimum absolute atomic E-state index is 0.0269. The third-order valence-corrected chi connectivity index (χ3v) is 4.77. The maximum atomic E-state index is 6.17. The van der Waals surface area contributed by atoms with Crippen molar-refractivity contribution in [2.45, 2.75) is 31.6 Å². The molecular formula is C14H21Cl2N3S. The van der Waals surface area contributed by atoms with E-state index < -0.39 is 0 Å². The van der Waals surface area contributed by atoms with Crippen molar-refractivity contribution in [3.63, 3.8) is 0 Å². The van der Waals surface area contributed by atoms with Crippen LogP contribution in [0.25, 0.3) is 0 Å². The molecule has 0 heterocycles. The zero-order valence-electron chi connectivity index (χ0n) is 12.2. The molecule has 1 unspecified atom stereocenters. The van der Waals surface area contributed by atoms with Gasteiger partial charge in [0, 0.05) is 14.8 Å². The molecule has 3 nitrogen and oxygen atoms in total. The van der Waals surface area contributed by atoms with Crippen LogP contribution in [-0.4, -0.2) is 23.5 Å². The number of hydrogen-bond acceptors (Lipinski definition) is 2. The third-order valence-electron chi connectivity index (χ3n) is 2.98. The van der Waals surface area contributed by atoms with Gasteiger partial charge in [0.2, 0.25) is 0 Å². The number of nitrogens with one attached hydrogen (secondary N) is 1. The van der Waals surface area contributed by atoms with E-state index in [1.165, 1.54) is 0 Å². The summed E-state index contributed by atoms with van der Waals surface area (Å²) < 4.78 is 0.0768. The maximum absolute atomic E-state index is 6.17.